The molecule has 1 aromatic carbocycles. The molecule has 0 saturated carbocycles. The van der Waals surface area contributed by atoms with Crippen LogP contribution in [-0.4, -0.2) is 48.5 Å². The lowest BCUT2D eigenvalue weighted by molar-refractivity contribution is 0.182. The normalized spacial score (nSPS) is 11.7. The number of methoxy groups -OCH3 is 1. The molecule has 148 valence electrons. The smallest absolute Gasteiger partial charge is 0.193 e. The Hall–Kier alpha value is -2.34. The number of aliphatic imine (C=N–C) groups is 1. The van der Waals surface area contributed by atoms with Crippen LogP contribution in [0.15, 0.2) is 29.3 Å². The number of nitrogens with one attached hydrogen (secondary N) is 1. The minimum absolute atomic E-state index is 0.663. The topological polar surface area (TPSA) is 54.7 Å². The molecule has 0 fully saturated rings. The third-order valence-electron chi connectivity index (χ3n) is 4.89. The van der Waals surface area contributed by atoms with Gasteiger partial charge in [-0.25, -0.2) is 0 Å². The molecule has 0 aliphatic heterocycles. The zero-order valence-electron chi connectivity index (χ0n) is 17.5. The Balaban J connectivity index is 1.99. The first kappa shape index (κ1) is 21.0. The Bertz CT molecular complexity index is 749. The van der Waals surface area contributed by atoms with Gasteiger partial charge in [0, 0.05) is 45.6 Å². The summed E-state index contributed by atoms with van der Waals surface area (Å²) in [4.78, 5) is 6.57. The van der Waals surface area contributed by atoms with Crippen molar-refractivity contribution in [2.75, 3.05) is 27.8 Å². The Morgan fingerprint density at radius 2 is 1.89 bits per heavy atom. The molecule has 0 amide bonds. The summed E-state index contributed by atoms with van der Waals surface area (Å²) in [5.74, 6) is 0.873. The molecule has 1 N–H and O–H groups in total. The van der Waals surface area contributed by atoms with Gasteiger partial charge in [0.1, 0.15) is 0 Å². The number of ether oxygens (including phenoxy) is 1. The van der Waals surface area contributed by atoms with E-state index >= 15 is 0 Å². The Labute approximate surface area is 163 Å². The van der Waals surface area contributed by atoms with Crippen LogP contribution in [0.3, 0.4) is 0 Å². The zero-order valence-corrected chi connectivity index (χ0v) is 17.5. The van der Waals surface area contributed by atoms with E-state index in [-0.39, 0.29) is 0 Å². The number of rotatable bonds is 8. The van der Waals surface area contributed by atoms with Gasteiger partial charge in [-0.05, 0) is 31.4 Å². The van der Waals surface area contributed by atoms with Gasteiger partial charge in [0.05, 0.1) is 18.8 Å². The summed E-state index contributed by atoms with van der Waals surface area (Å²) in [5.41, 5.74) is 6.07. The van der Waals surface area contributed by atoms with Crippen molar-refractivity contribution < 1.29 is 4.74 Å². The van der Waals surface area contributed by atoms with Crippen LogP contribution in [0.25, 0.3) is 0 Å². The van der Waals surface area contributed by atoms with Gasteiger partial charge in [0.25, 0.3) is 0 Å². The molecule has 0 unspecified atom stereocenters. The summed E-state index contributed by atoms with van der Waals surface area (Å²) in [6, 6.07) is 8.77. The maximum absolute atomic E-state index is 5.17. The number of guanidine groups is 1. The van der Waals surface area contributed by atoms with Crippen LogP contribution in [-0.2, 0) is 30.8 Å². The maximum Gasteiger partial charge on any atom is 0.193 e. The van der Waals surface area contributed by atoms with Gasteiger partial charge < -0.3 is 15.0 Å². The lowest BCUT2D eigenvalue weighted by atomic mass is 10.1. The highest BCUT2D eigenvalue weighted by Gasteiger charge is 2.13. The standard InChI is InChI=1S/C21H33N5O/c1-7-18-8-10-19(11-9-18)15-25(5)21(22-4)23-14-20-16(2)24-26(17(20)3)12-13-27-6/h8-11H,7,12-15H2,1-6H3,(H,22,23). The van der Waals surface area contributed by atoms with E-state index in [2.05, 4.69) is 72.4 Å². The fourth-order valence-corrected chi connectivity index (χ4v) is 3.17. The molecule has 6 heteroatoms. The first-order valence-electron chi connectivity index (χ1n) is 9.51. The van der Waals surface area contributed by atoms with Crippen molar-refractivity contribution in [1.29, 1.82) is 0 Å². The van der Waals surface area contributed by atoms with E-state index in [4.69, 9.17) is 4.74 Å². The molecule has 0 aliphatic carbocycles. The molecule has 0 spiro atoms. The lowest BCUT2D eigenvalue weighted by Crippen LogP contribution is -2.38. The number of benzene rings is 1. The number of nitrogens with zero attached hydrogens (tertiary/aromatic N) is 4. The van der Waals surface area contributed by atoms with Crippen LogP contribution in [0.1, 0.15) is 35.0 Å². The second-order valence-electron chi connectivity index (χ2n) is 6.79. The first-order chi connectivity index (χ1) is 13.0. The van der Waals surface area contributed by atoms with Crippen LogP contribution in [0.2, 0.25) is 0 Å². The van der Waals surface area contributed by atoms with Crippen LogP contribution in [0.5, 0.6) is 0 Å². The molecule has 2 rings (SSSR count). The number of aryl methyl sites for hydroxylation is 2. The minimum Gasteiger partial charge on any atom is -0.383 e. The Morgan fingerprint density at radius 1 is 1.22 bits per heavy atom. The van der Waals surface area contributed by atoms with E-state index in [1.54, 1.807) is 7.11 Å². The highest BCUT2D eigenvalue weighted by Crippen LogP contribution is 2.13. The fourth-order valence-electron chi connectivity index (χ4n) is 3.17. The van der Waals surface area contributed by atoms with E-state index < -0.39 is 0 Å². The Kier molecular flexibility index (Phi) is 7.85. The van der Waals surface area contributed by atoms with Gasteiger partial charge in [-0.2, -0.15) is 5.10 Å². The zero-order chi connectivity index (χ0) is 19.8. The molecule has 0 atom stereocenters. The number of hydrogen-bond donors (Lipinski definition) is 1. The van der Waals surface area contributed by atoms with Gasteiger partial charge in [-0.15, -0.1) is 0 Å². The summed E-state index contributed by atoms with van der Waals surface area (Å²) in [6.45, 7) is 9.28. The van der Waals surface area contributed by atoms with Gasteiger partial charge >= 0.3 is 0 Å². The molecule has 2 aromatic rings. The summed E-state index contributed by atoms with van der Waals surface area (Å²) in [5, 5.41) is 8.09. The van der Waals surface area contributed by atoms with E-state index in [0.717, 1.165) is 31.2 Å². The van der Waals surface area contributed by atoms with Crippen LogP contribution < -0.4 is 5.32 Å². The number of aromatic nitrogens is 2. The van der Waals surface area contributed by atoms with E-state index in [1.807, 2.05) is 11.7 Å². The predicted molar refractivity (Wildman–Crippen MR) is 111 cm³/mol. The number of hydrogen-bond acceptors (Lipinski definition) is 3. The second-order valence-corrected chi connectivity index (χ2v) is 6.79. The molecule has 0 saturated heterocycles. The van der Waals surface area contributed by atoms with Gasteiger partial charge in [-0.3, -0.25) is 9.67 Å². The lowest BCUT2D eigenvalue weighted by Gasteiger charge is -2.22. The molecule has 6 nitrogen and oxygen atoms in total. The van der Waals surface area contributed by atoms with Gasteiger partial charge in [-0.1, -0.05) is 31.2 Å². The quantitative estimate of drug-likeness (QED) is 0.573. The van der Waals surface area contributed by atoms with Crippen LogP contribution in [0.4, 0.5) is 0 Å². The van der Waals surface area contributed by atoms with E-state index in [9.17, 15) is 0 Å². The Morgan fingerprint density at radius 3 is 2.48 bits per heavy atom. The van der Waals surface area contributed by atoms with Gasteiger partial charge in [0.2, 0.25) is 0 Å². The van der Waals surface area contributed by atoms with E-state index in [1.165, 1.54) is 22.4 Å². The van der Waals surface area contributed by atoms with Crippen molar-refractivity contribution in [2.45, 2.75) is 46.8 Å². The summed E-state index contributed by atoms with van der Waals surface area (Å²) < 4.78 is 7.18. The third kappa shape index (κ3) is 5.57. The molecule has 0 radical (unpaired) electrons. The van der Waals surface area contributed by atoms with Crippen LogP contribution >= 0.6 is 0 Å². The van der Waals surface area contributed by atoms with Crippen molar-refractivity contribution >= 4 is 5.96 Å². The largest absolute Gasteiger partial charge is 0.383 e. The van der Waals surface area contributed by atoms with Crippen molar-refractivity contribution in [1.82, 2.24) is 20.0 Å². The van der Waals surface area contributed by atoms with Crippen molar-refractivity contribution in [3.63, 3.8) is 0 Å². The van der Waals surface area contributed by atoms with Crippen molar-refractivity contribution in [2.24, 2.45) is 4.99 Å². The monoisotopic (exact) mass is 371 g/mol. The minimum atomic E-state index is 0.663. The molecule has 1 aromatic heterocycles. The third-order valence-corrected chi connectivity index (χ3v) is 4.89. The summed E-state index contributed by atoms with van der Waals surface area (Å²) >= 11 is 0. The second kappa shape index (κ2) is 10.1. The summed E-state index contributed by atoms with van der Waals surface area (Å²) in [7, 11) is 5.59. The highest BCUT2D eigenvalue weighted by molar-refractivity contribution is 5.79. The fraction of sp³-hybridized carbons (Fsp3) is 0.524. The first-order valence-corrected chi connectivity index (χ1v) is 9.51. The average Bonchev–Trinajstić information content (AvgIpc) is 2.94. The molecule has 0 bridgehead atoms. The molecule has 0 aliphatic rings. The molecule has 27 heavy (non-hydrogen) atoms. The van der Waals surface area contributed by atoms with Crippen molar-refractivity contribution in [3.8, 4) is 0 Å². The maximum atomic E-state index is 5.17. The van der Waals surface area contributed by atoms with E-state index in [0.29, 0.717) is 13.2 Å². The molecular formula is C21H33N5O. The average molecular weight is 372 g/mol. The van der Waals surface area contributed by atoms with Crippen molar-refractivity contribution in [3.05, 3.63) is 52.3 Å². The molecule has 1 heterocycles. The highest BCUT2D eigenvalue weighted by atomic mass is 16.5. The summed E-state index contributed by atoms with van der Waals surface area (Å²) in [6.07, 6.45) is 1.07. The van der Waals surface area contributed by atoms with Gasteiger partial charge in [0.15, 0.2) is 5.96 Å². The SMILES string of the molecule is CCc1ccc(CN(C)C(=NC)NCc2c(C)nn(CCOC)c2C)cc1. The van der Waals surface area contributed by atoms with Crippen LogP contribution in [0, 0.1) is 13.8 Å². The molecular weight excluding hydrogens is 338 g/mol. The predicted octanol–water partition coefficient (Wildman–Crippen LogP) is 2.92.